The van der Waals surface area contributed by atoms with Crippen LogP contribution in [0.2, 0.25) is 0 Å². The molecule has 14 heteroatoms. The molecule has 0 spiro atoms. The number of hydrogen-bond donors (Lipinski definition) is 1. The second-order valence-electron chi connectivity index (χ2n) is 13.9. The van der Waals surface area contributed by atoms with Gasteiger partial charge in [0, 0.05) is 30.7 Å². The van der Waals surface area contributed by atoms with Gasteiger partial charge < -0.3 is 33.4 Å². The van der Waals surface area contributed by atoms with Crippen molar-refractivity contribution in [2.75, 3.05) is 18.5 Å². The van der Waals surface area contributed by atoms with Crippen LogP contribution in [0.25, 0.3) is 12.2 Å². The number of hydrogen-bond acceptors (Lipinski definition) is 11. The number of anilines is 2. The van der Waals surface area contributed by atoms with Gasteiger partial charge in [0.2, 0.25) is 5.95 Å². The molecule has 12 nitrogen and oxygen atoms in total. The lowest BCUT2D eigenvalue weighted by atomic mass is 9.77. The van der Waals surface area contributed by atoms with Crippen molar-refractivity contribution in [1.82, 2.24) is 19.7 Å². The Morgan fingerprint density at radius 2 is 1.42 bits per heavy atom. The lowest BCUT2D eigenvalue weighted by Gasteiger charge is -2.42. The molecule has 2 atom stereocenters. The molecule has 4 heterocycles. The van der Waals surface area contributed by atoms with E-state index in [1.807, 2.05) is 68.7 Å². The van der Waals surface area contributed by atoms with Gasteiger partial charge in [-0.3, -0.25) is 4.68 Å². The highest BCUT2D eigenvalue weighted by atomic mass is 16.7. The summed E-state index contributed by atoms with van der Waals surface area (Å²) in [6.45, 7) is 19.6. The quantitative estimate of drug-likeness (QED) is 0.143. The normalized spacial score (nSPS) is 22.9. The molecule has 2 fully saturated rings. The molecule has 2 saturated heterocycles. The van der Waals surface area contributed by atoms with Gasteiger partial charge in [-0.15, -0.1) is 0 Å². The number of rotatable bonds is 14. The van der Waals surface area contributed by atoms with Gasteiger partial charge in [-0.05, 0) is 98.9 Å². The van der Waals surface area contributed by atoms with Gasteiger partial charge in [0.25, 0.3) is 0 Å². The Morgan fingerprint density at radius 1 is 0.820 bits per heavy atom. The van der Waals surface area contributed by atoms with E-state index in [-0.39, 0.29) is 0 Å². The number of esters is 1. The Bertz CT molecular complexity index is 1700. The first kappa shape index (κ1) is 37.3. The van der Waals surface area contributed by atoms with Crippen molar-refractivity contribution in [3.8, 4) is 5.75 Å². The Balaban J connectivity index is 1.20. The van der Waals surface area contributed by atoms with Crippen LogP contribution in [-0.2, 0) is 29.9 Å². The SMILES string of the molecule is CCOC(=O)c1cc(C=CB2OC(C)(C)C(C)(CCC3(C)OB(C=Cc4cnc(Nc5cnn(CC)c5)nc4)OC3(C)C)O2)cc(OCC)c1. The number of carbonyl (C=O) groups is 1. The molecule has 0 bridgehead atoms. The fourth-order valence-corrected chi connectivity index (χ4v) is 5.93. The van der Waals surface area contributed by atoms with Crippen molar-refractivity contribution in [3.05, 3.63) is 71.6 Å². The summed E-state index contributed by atoms with van der Waals surface area (Å²) in [5.41, 5.74) is 0.469. The highest BCUT2D eigenvalue weighted by molar-refractivity contribution is 6.53. The lowest BCUT2D eigenvalue weighted by molar-refractivity contribution is -0.0576. The molecule has 1 N–H and O–H groups in total. The second-order valence-corrected chi connectivity index (χ2v) is 13.9. The van der Waals surface area contributed by atoms with E-state index >= 15 is 0 Å². The minimum Gasteiger partial charge on any atom is -0.494 e. The third kappa shape index (κ3) is 8.48. The zero-order chi connectivity index (χ0) is 36.2. The van der Waals surface area contributed by atoms with Crippen LogP contribution in [-0.4, -0.2) is 75.6 Å². The molecule has 2 unspecified atom stereocenters. The highest BCUT2D eigenvalue weighted by Gasteiger charge is 2.57. The summed E-state index contributed by atoms with van der Waals surface area (Å²) in [4.78, 5) is 21.3. The number of nitrogens with one attached hydrogen (secondary N) is 1. The van der Waals surface area contributed by atoms with Crippen molar-refractivity contribution >= 4 is 44.0 Å². The van der Waals surface area contributed by atoms with Crippen LogP contribution in [0, 0.1) is 0 Å². The van der Waals surface area contributed by atoms with Crippen LogP contribution in [0.3, 0.4) is 0 Å². The van der Waals surface area contributed by atoms with Gasteiger partial charge in [0.05, 0.1) is 53.1 Å². The van der Waals surface area contributed by atoms with E-state index in [1.54, 1.807) is 37.6 Å². The Hall–Kier alpha value is -3.97. The maximum absolute atomic E-state index is 12.4. The average molecular weight is 685 g/mol. The summed E-state index contributed by atoms with van der Waals surface area (Å²) in [5, 5.41) is 7.42. The summed E-state index contributed by atoms with van der Waals surface area (Å²) < 4.78 is 38.6. The molecule has 266 valence electrons. The fraction of sp³-hybridized carbons (Fsp3) is 0.500. The molecule has 50 heavy (non-hydrogen) atoms. The lowest BCUT2D eigenvalue weighted by Crippen LogP contribution is -2.50. The van der Waals surface area contributed by atoms with Crippen LogP contribution in [0.5, 0.6) is 5.75 Å². The number of aromatic nitrogens is 4. The third-order valence-electron chi connectivity index (χ3n) is 9.73. The fourth-order valence-electron chi connectivity index (χ4n) is 5.93. The zero-order valence-corrected chi connectivity index (χ0v) is 30.7. The standard InChI is InChI=1S/C36H49B2N5O7/c1-10-43-25-29(24-41-43)42-32-39-22-27(23-40-32)14-18-38-48-34(6,7)36(9,50-38)16-15-35(8)33(4,5)47-37(49-35)17-13-26-19-28(31(44)46-12-3)21-30(20-26)45-11-2/h13-14,17-25H,10-12,15-16H2,1-9H3,(H,39,40,42). The van der Waals surface area contributed by atoms with Crippen LogP contribution in [0.4, 0.5) is 11.6 Å². The largest absolute Gasteiger partial charge is 0.494 e. The monoisotopic (exact) mass is 685 g/mol. The van der Waals surface area contributed by atoms with Crippen molar-refractivity contribution in [1.29, 1.82) is 0 Å². The number of carbonyl (C=O) groups excluding carboxylic acids is 1. The maximum atomic E-state index is 12.4. The molecular formula is C36H49B2N5O7. The van der Waals surface area contributed by atoms with Crippen molar-refractivity contribution < 1.29 is 32.9 Å². The summed E-state index contributed by atoms with van der Waals surface area (Å²) in [6.07, 6.45) is 12.3. The molecule has 0 saturated carbocycles. The molecule has 1 aromatic carbocycles. The van der Waals surface area contributed by atoms with Gasteiger partial charge in [-0.25, -0.2) is 14.8 Å². The molecule has 2 aliphatic heterocycles. The van der Waals surface area contributed by atoms with Crippen LogP contribution in [0.1, 0.15) is 96.6 Å². The Morgan fingerprint density at radius 3 is 1.96 bits per heavy atom. The van der Waals surface area contributed by atoms with Crippen molar-refractivity contribution in [2.24, 2.45) is 0 Å². The average Bonchev–Trinajstić information content (AvgIpc) is 3.69. The first-order chi connectivity index (χ1) is 23.7. The van der Waals surface area contributed by atoms with E-state index in [1.165, 1.54) is 0 Å². The Labute approximate surface area is 296 Å². The molecule has 5 rings (SSSR count). The maximum Gasteiger partial charge on any atom is 0.487 e. The molecule has 0 aliphatic carbocycles. The van der Waals surface area contributed by atoms with Gasteiger partial charge in [0.1, 0.15) is 5.75 Å². The van der Waals surface area contributed by atoms with Gasteiger partial charge in [-0.2, -0.15) is 5.10 Å². The second kappa shape index (κ2) is 15.1. The predicted molar refractivity (Wildman–Crippen MR) is 195 cm³/mol. The van der Waals surface area contributed by atoms with E-state index in [4.69, 9.17) is 28.1 Å². The topological polar surface area (TPSA) is 128 Å². The number of ether oxygens (including phenoxy) is 2. The van der Waals surface area contributed by atoms with Gasteiger partial charge >= 0.3 is 20.2 Å². The summed E-state index contributed by atoms with van der Waals surface area (Å²) >= 11 is 0. The van der Waals surface area contributed by atoms with E-state index < -0.39 is 42.6 Å². The third-order valence-corrected chi connectivity index (χ3v) is 9.73. The van der Waals surface area contributed by atoms with Crippen LogP contribution >= 0.6 is 0 Å². The number of aryl methyl sites for hydroxylation is 1. The Kier molecular flexibility index (Phi) is 11.3. The van der Waals surface area contributed by atoms with E-state index in [2.05, 4.69) is 48.1 Å². The summed E-state index contributed by atoms with van der Waals surface area (Å²) in [5.74, 6) is 4.44. The van der Waals surface area contributed by atoms with Crippen molar-refractivity contribution in [2.45, 2.75) is 104 Å². The molecular weight excluding hydrogens is 636 g/mol. The number of nitrogens with zero attached hydrogens (tertiary/aromatic N) is 4. The first-order valence-electron chi connectivity index (χ1n) is 17.3. The van der Waals surface area contributed by atoms with Gasteiger partial charge in [0.15, 0.2) is 0 Å². The molecule has 2 aromatic heterocycles. The first-order valence-corrected chi connectivity index (χ1v) is 17.3. The minimum absolute atomic E-state index is 0.293. The smallest absolute Gasteiger partial charge is 0.487 e. The molecule has 2 aliphatic rings. The van der Waals surface area contributed by atoms with E-state index in [0.717, 1.165) is 23.4 Å². The highest BCUT2D eigenvalue weighted by Crippen LogP contribution is 2.46. The summed E-state index contributed by atoms with van der Waals surface area (Å²) in [7, 11) is -1.14. The molecule has 0 radical (unpaired) electrons. The van der Waals surface area contributed by atoms with E-state index in [9.17, 15) is 4.79 Å². The van der Waals surface area contributed by atoms with Crippen LogP contribution in [0.15, 0.2) is 54.9 Å². The zero-order valence-electron chi connectivity index (χ0n) is 30.7. The summed E-state index contributed by atoms with van der Waals surface area (Å²) in [6, 6.07) is 5.33. The molecule has 0 amide bonds. The molecule has 3 aromatic rings. The van der Waals surface area contributed by atoms with Gasteiger partial charge in [-0.1, -0.05) is 24.1 Å². The number of benzene rings is 1. The minimum atomic E-state index is -0.621. The van der Waals surface area contributed by atoms with Crippen molar-refractivity contribution in [3.63, 3.8) is 0 Å². The predicted octanol–water partition coefficient (Wildman–Crippen LogP) is 6.74. The van der Waals surface area contributed by atoms with E-state index in [0.29, 0.717) is 43.3 Å². The van der Waals surface area contributed by atoms with Crippen LogP contribution < -0.4 is 10.1 Å².